The molecule has 2 aromatic rings. The van der Waals surface area contributed by atoms with E-state index >= 15 is 0 Å². The lowest BCUT2D eigenvalue weighted by Crippen LogP contribution is -2.33. The fourth-order valence-electron chi connectivity index (χ4n) is 6.25. The van der Waals surface area contributed by atoms with Crippen LogP contribution < -0.4 is 16.0 Å². The maximum atomic E-state index is 13.8. The Hall–Kier alpha value is -2.67. The van der Waals surface area contributed by atoms with Crippen LogP contribution in [-0.2, 0) is 43.2 Å². The van der Waals surface area contributed by atoms with Crippen LogP contribution in [-0.4, -0.2) is 39.7 Å². The van der Waals surface area contributed by atoms with E-state index < -0.39 is 45.8 Å². The Morgan fingerprint density at radius 1 is 0.772 bits per heavy atom. The van der Waals surface area contributed by atoms with E-state index in [2.05, 4.69) is 18.8 Å². The highest BCUT2D eigenvalue weighted by molar-refractivity contribution is 7.61. The zero-order chi connectivity index (χ0) is 41.4. The molecule has 0 spiro atoms. The van der Waals surface area contributed by atoms with Crippen LogP contribution in [0.25, 0.3) is 0 Å². The van der Waals surface area contributed by atoms with E-state index in [1.807, 2.05) is 0 Å². The number of nitrogens with zero attached hydrogens (tertiary/aromatic N) is 1. The van der Waals surface area contributed by atoms with Gasteiger partial charge in [0.25, 0.3) is 5.56 Å². The van der Waals surface area contributed by atoms with Gasteiger partial charge in [-0.25, -0.2) is 13.9 Å². The number of esters is 1. The highest BCUT2D eigenvalue weighted by Crippen LogP contribution is 2.64. The number of benzene rings is 1. The molecule has 1 aliphatic rings. The molecule has 0 aliphatic carbocycles. The molecular formula is C41H66N2O12P2. The average Bonchev–Trinajstić information content (AvgIpc) is 3.65. The zero-order valence-electron chi connectivity index (χ0n) is 34.2. The van der Waals surface area contributed by atoms with Gasteiger partial charge in [0.2, 0.25) is 0 Å². The second kappa shape index (κ2) is 27.2. The molecule has 0 saturated carbocycles. The third-order valence-corrected chi connectivity index (χ3v) is 12.7. The molecule has 0 fully saturated rings. The minimum absolute atomic E-state index is 0.0366. The first-order chi connectivity index (χ1) is 27.4. The van der Waals surface area contributed by atoms with E-state index in [1.54, 1.807) is 31.2 Å². The first-order valence-corrected chi connectivity index (χ1v) is 23.9. The van der Waals surface area contributed by atoms with Gasteiger partial charge in [-0.15, -0.1) is 0 Å². The SMILES string of the molecule is CCCCCCCCCCCCOP(=O)(OCc1ccc(OC(=O)CCCCCCCCCCC)cc1)OP(=O)(O)OC[C@@H]1C=C[C@H](n2cc(C)c(=O)[nH]c2=O)O1. The number of aromatic amines is 1. The number of phosphoric acid groups is 2. The summed E-state index contributed by atoms with van der Waals surface area (Å²) in [5.74, 6) is 0.0453. The van der Waals surface area contributed by atoms with Crippen LogP contribution in [0.15, 0.2) is 52.2 Å². The number of aryl methyl sites for hydroxylation is 1. The van der Waals surface area contributed by atoms with Crippen molar-refractivity contribution in [2.24, 2.45) is 0 Å². The number of nitrogens with one attached hydrogen (secondary N) is 1. The smallest absolute Gasteiger partial charge is 0.427 e. The quantitative estimate of drug-likeness (QED) is 0.0234. The Balaban J connectivity index is 1.49. The van der Waals surface area contributed by atoms with Gasteiger partial charge < -0.3 is 14.4 Å². The van der Waals surface area contributed by atoms with Crippen LogP contribution in [0.2, 0.25) is 0 Å². The summed E-state index contributed by atoms with van der Waals surface area (Å²) in [5.41, 5.74) is -0.379. The number of rotatable bonds is 32. The summed E-state index contributed by atoms with van der Waals surface area (Å²) < 4.78 is 60.5. The topological polar surface area (TPSA) is 182 Å². The Labute approximate surface area is 338 Å². The lowest BCUT2D eigenvalue weighted by molar-refractivity contribution is -0.134. The number of aromatic nitrogens is 2. The molecule has 0 amide bonds. The summed E-state index contributed by atoms with van der Waals surface area (Å²) in [6, 6.07) is 6.43. The minimum Gasteiger partial charge on any atom is -0.427 e. The minimum atomic E-state index is -5.03. The van der Waals surface area contributed by atoms with Gasteiger partial charge in [-0.1, -0.05) is 141 Å². The van der Waals surface area contributed by atoms with Crippen molar-refractivity contribution in [1.82, 2.24) is 9.55 Å². The number of hydrogen-bond donors (Lipinski definition) is 2. The molecule has 322 valence electrons. The molecule has 2 unspecified atom stereocenters. The molecule has 1 aromatic carbocycles. The third kappa shape index (κ3) is 20.2. The van der Waals surface area contributed by atoms with Crippen molar-refractivity contribution in [3.8, 4) is 5.75 Å². The number of ether oxygens (including phenoxy) is 2. The summed E-state index contributed by atoms with van der Waals surface area (Å²) in [6.07, 6.45) is 24.1. The van der Waals surface area contributed by atoms with Gasteiger partial charge in [0.05, 0.1) is 19.8 Å². The van der Waals surface area contributed by atoms with E-state index in [1.165, 1.54) is 93.5 Å². The van der Waals surface area contributed by atoms with Crippen molar-refractivity contribution in [3.63, 3.8) is 0 Å². The van der Waals surface area contributed by atoms with Gasteiger partial charge in [0.1, 0.15) is 11.9 Å². The van der Waals surface area contributed by atoms with Crippen LogP contribution in [0, 0.1) is 6.92 Å². The molecule has 4 atom stereocenters. The van der Waals surface area contributed by atoms with Crippen LogP contribution in [0.5, 0.6) is 5.75 Å². The third-order valence-electron chi connectivity index (χ3n) is 9.61. The molecule has 57 heavy (non-hydrogen) atoms. The standard InChI is InChI=1S/C41H66N2O12P2/c1-4-6-8-10-12-14-16-18-20-22-30-50-57(49,55-56(47,48)51-33-37-28-29-38(53-37)43-31-34(3)40(45)42-41(43)46)52-32-35-24-26-36(27-25-35)54-39(44)23-21-19-17-15-13-11-9-7-5-2/h24-29,31,37-38H,4-23,30,32-33H2,1-3H3,(H,47,48)(H,42,45,46)/t37-,38+,57?/m0/s1. The molecule has 14 nitrogen and oxygen atoms in total. The fraction of sp³-hybridized carbons (Fsp3) is 0.683. The maximum Gasteiger partial charge on any atom is 0.484 e. The molecule has 0 saturated heterocycles. The second-order valence-corrected chi connectivity index (χ2v) is 18.0. The highest BCUT2D eigenvalue weighted by atomic mass is 31.3. The number of carbonyl (C=O) groups excluding carboxylic acids is 1. The van der Waals surface area contributed by atoms with Crippen molar-refractivity contribution in [3.05, 3.63) is 74.6 Å². The van der Waals surface area contributed by atoms with Crippen LogP contribution in [0.3, 0.4) is 0 Å². The van der Waals surface area contributed by atoms with Gasteiger partial charge in [0.15, 0.2) is 6.23 Å². The molecule has 0 radical (unpaired) electrons. The largest absolute Gasteiger partial charge is 0.484 e. The summed E-state index contributed by atoms with van der Waals surface area (Å²) in [5, 5.41) is 0. The van der Waals surface area contributed by atoms with Gasteiger partial charge in [-0.2, -0.15) is 4.31 Å². The molecule has 2 N–H and O–H groups in total. The van der Waals surface area contributed by atoms with E-state index in [-0.39, 0.29) is 19.2 Å². The lowest BCUT2D eigenvalue weighted by atomic mass is 10.1. The Bertz CT molecular complexity index is 1690. The number of unbranched alkanes of at least 4 members (excludes halogenated alkanes) is 17. The normalized spacial score (nSPS) is 17.4. The van der Waals surface area contributed by atoms with E-state index in [9.17, 15) is 28.4 Å². The van der Waals surface area contributed by atoms with Crippen molar-refractivity contribution < 1.29 is 46.2 Å². The molecule has 1 aliphatic heterocycles. The van der Waals surface area contributed by atoms with Crippen LogP contribution in [0.1, 0.15) is 160 Å². The first-order valence-electron chi connectivity index (χ1n) is 21.0. The van der Waals surface area contributed by atoms with Gasteiger partial charge in [0, 0.05) is 18.2 Å². The number of H-pyrrole nitrogens is 1. The molecule has 3 rings (SSSR count). The van der Waals surface area contributed by atoms with Gasteiger partial charge >= 0.3 is 27.3 Å². The average molecular weight is 841 g/mol. The van der Waals surface area contributed by atoms with Crippen molar-refractivity contribution >= 4 is 21.6 Å². The maximum absolute atomic E-state index is 13.8. The van der Waals surface area contributed by atoms with Crippen molar-refractivity contribution in [2.75, 3.05) is 13.2 Å². The Kier molecular flexibility index (Phi) is 23.2. The summed E-state index contributed by atoms with van der Waals surface area (Å²) in [6.45, 7) is 5.12. The number of carbonyl (C=O) groups is 1. The highest BCUT2D eigenvalue weighted by Gasteiger charge is 2.39. The Morgan fingerprint density at radius 3 is 1.93 bits per heavy atom. The molecule has 0 bridgehead atoms. The summed E-state index contributed by atoms with van der Waals surface area (Å²) in [4.78, 5) is 49.2. The number of phosphoric ester groups is 2. The lowest BCUT2D eigenvalue weighted by Gasteiger charge is -2.22. The molecular weight excluding hydrogens is 774 g/mol. The van der Waals surface area contributed by atoms with E-state index in [0.29, 0.717) is 29.7 Å². The van der Waals surface area contributed by atoms with E-state index in [4.69, 9.17) is 27.4 Å². The number of hydrogen-bond acceptors (Lipinski definition) is 11. The van der Waals surface area contributed by atoms with Crippen molar-refractivity contribution in [2.45, 2.75) is 168 Å². The molecule has 1 aromatic heterocycles. The first kappa shape index (κ1) is 48.7. The van der Waals surface area contributed by atoms with Crippen molar-refractivity contribution in [1.29, 1.82) is 0 Å². The van der Waals surface area contributed by atoms with Crippen LogP contribution >= 0.6 is 15.6 Å². The molecule has 2 heterocycles. The van der Waals surface area contributed by atoms with Crippen LogP contribution in [0.4, 0.5) is 0 Å². The van der Waals surface area contributed by atoms with Gasteiger partial charge in [-0.05, 0) is 43.5 Å². The zero-order valence-corrected chi connectivity index (χ0v) is 36.0. The summed E-state index contributed by atoms with van der Waals surface area (Å²) >= 11 is 0. The second-order valence-electron chi connectivity index (χ2n) is 14.7. The monoisotopic (exact) mass is 840 g/mol. The summed E-state index contributed by atoms with van der Waals surface area (Å²) in [7, 11) is -9.68. The van der Waals surface area contributed by atoms with Gasteiger partial charge in [-0.3, -0.25) is 32.7 Å². The van der Waals surface area contributed by atoms with E-state index in [0.717, 1.165) is 44.9 Å². The molecule has 16 heteroatoms. The predicted octanol–water partition coefficient (Wildman–Crippen LogP) is 10.5. The fourth-order valence-corrected chi connectivity index (χ4v) is 8.90. The Morgan fingerprint density at radius 2 is 1.33 bits per heavy atom. The predicted molar refractivity (Wildman–Crippen MR) is 220 cm³/mol.